The second-order valence-corrected chi connectivity index (χ2v) is 4.70. The van der Waals surface area contributed by atoms with Gasteiger partial charge in [0.05, 0.1) is 0 Å². The van der Waals surface area contributed by atoms with E-state index >= 15 is 0 Å². The van der Waals surface area contributed by atoms with Crippen LogP contribution < -0.4 is 16.8 Å². The molecule has 0 spiro atoms. The number of hydrogen-bond acceptors (Lipinski definition) is 6. The SMILES string of the molecule is Nc1nc(Cl)c(N)c(NC2CCC(CO)C2)n1. The summed E-state index contributed by atoms with van der Waals surface area (Å²) in [6, 6.07) is 0.250. The number of aromatic nitrogens is 2. The van der Waals surface area contributed by atoms with E-state index in [0.717, 1.165) is 19.3 Å². The van der Waals surface area contributed by atoms with E-state index < -0.39 is 0 Å². The third kappa shape index (κ3) is 2.70. The first kappa shape index (κ1) is 12.2. The molecule has 1 aromatic rings. The normalized spacial score (nSPS) is 23.9. The second-order valence-electron chi connectivity index (χ2n) is 4.34. The van der Waals surface area contributed by atoms with Gasteiger partial charge in [-0.2, -0.15) is 9.97 Å². The number of halogens is 1. The molecule has 0 aliphatic heterocycles. The maximum Gasteiger partial charge on any atom is 0.223 e. The Morgan fingerprint density at radius 3 is 2.76 bits per heavy atom. The van der Waals surface area contributed by atoms with E-state index in [2.05, 4.69) is 15.3 Å². The Morgan fingerprint density at radius 2 is 2.12 bits per heavy atom. The number of nitrogen functional groups attached to an aromatic ring is 2. The summed E-state index contributed by atoms with van der Waals surface area (Å²) in [4.78, 5) is 7.80. The van der Waals surface area contributed by atoms with Crippen LogP contribution in [0.4, 0.5) is 17.5 Å². The first-order chi connectivity index (χ1) is 8.10. The summed E-state index contributed by atoms with van der Waals surface area (Å²) in [6.07, 6.45) is 2.88. The molecule has 0 radical (unpaired) electrons. The lowest BCUT2D eigenvalue weighted by atomic mass is 10.1. The number of nitrogens with zero attached hydrogens (tertiary/aromatic N) is 2. The molecular formula is C10H16ClN5O. The summed E-state index contributed by atoms with van der Waals surface area (Å²) in [5.74, 6) is 0.929. The second kappa shape index (κ2) is 4.93. The zero-order chi connectivity index (χ0) is 12.4. The number of hydrogen-bond donors (Lipinski definition) is 4. The van der Waals surface area contributed by atoms with Crippen LogP contribution in [0.2, 0.25) is 5.15 Å². The summed E-state index contributed by atoms with van der Waals surface area (Å²) >= 11 is 5.82. The minimum atomic E-state index is 0.100. The number of rotatable bonds is 3. The molecule has 0 amide bonds. The molecule has 7 heteroatoms. The van der Waals surface area contributed by atoms with Crippen molar-refractivity contribution in [3.8, 4) is 0 Å². The lowest BCUT2D eigenvalue weighted by molar-refractivity contribution is 0.229. The zero-order valence-electron chi connectivity index (χ0n) is 9.36. The van der Waals surface area contributed by atoms with Gasteiger partial charge < -0.3 is 21.9 Å². The van der Waals surface area contributed by atoms with Crippen molar-refractivity contribution >= 4 is 29.1 Å². The van der Waals surface area contributed by atoms with Crippen molar-refractivity contribution in [2.75, 3.05) is 23.4 Å². The molecule has 1 saturated carbocycles. The van der Waals surface area contributed by atoms with Crippen LogP contribution in [0, 0.1) is 5.92 Å². The van der Waals surface area contributed by atoms with Gasteiger partial charge in [-0.15, -0.1) is 0 Å². The zero-order valence-corrected chi connectivity index (χ0v) is 10.1. The quantitative estimate of drug-likeness (QED) is 0.598. The van der Waals surface area contributed by atoms with E-state index in [1.54, 1.807) is 0 Å². The largest absolute Gasteiger partial charge is 0.396 e. The van der Waals surface area contributed by atoms with E-state index in [-0.39, 0.29) is 23.8 Å². The molecule has 94 valence electrons. The van der Waals surface area contributed by atoms with Gasteiger partial charge in [-0.05, 0) is 25.2 Å². The number of aliphatic hydroxyl groups is 1. The van der Waals surface area contributed by atoms with Gasteiger partial charge >= 0.3 is 0 Å². The van der Waals surface area contributed by atoms with Crippen molar-refractivity contribution in [3.05, 3.63) is 5.15 Å². The monoisotopic (exact) mass is 257 g/mol. The molecule has 0 saturated heterocycles. The Morgan fingerprint density at radius 1 is 1.35 bits per heavy atom. The fourth-order valence-electron chi connectivity index (χ4n) is 2.13. The standard InChI is InChI=1S/C10H16ClN5O/c11-8-7(12)9(16-10(13)15-8)14-6-2-1-5(3-6)4-17/h5-6,17H,1-4,12H2,(H3,13,14,15,16). The number of anilines is 3. The summed E-state index contributed by atoms with van der Waals surface area (Å²) in [5.41, 5.74) is 11.6. The van der Waals surface area contributed by atoms with Gasteiger partial charge in [0.25, 0.3) is 0 Å². The molecule has 1 aliphatic rings. The van der Waals surface area contributed by atoms with E-state index in [9.17, 15) is 0 Å². The van der Waals surface area contributed by atoms with Crippen LogP contribution >= 0.6 is 11.6 Å². The maximum atomic E-state index is 9.07. The predicted octanol–water partition coefficient (Wildman–Crippen LogP) is 0.867. The van der Waals surface area contributed by atoms with Crippen LogP contribution in [0.5, 0.6) is 0 Å². The Balaban J connectivity index is 2.09. The van der Waals surface area contributed by atoms with E-state index in [0.29, 0.717) is 17.4 Å². The highest BCUT2D eigenvalue weighted by Crippen LogP contribution is 2.30. The number of nitrogens with one attached hydrogen (secondary N) is 1. The van der Waals surface area contributed by atoms with Crippen molar-refractivity contribution in [3.63, 3.8) is 0 Å². The van der Waals surface area contributed by atoms with Crippen molar-refractivity contribution in [2.24, 2.45) is 5.92 Å². The van der Waals surface area contributed by atoms with Crippen LogP contribution in [0.15, 0.2) is 0 Å². The highest BCUT2D eigenvalue weighted by Gasteiger charge is 2.25. The average molecular weight is 258 g/mol. The van der Waals surface area contributed by atoms with E-state index in [1.807, 2.05) is 0 Å². The molecule has 2 rings (SSSR count). The van der Waals surface area contributed by atoms with Crippen LogP contribution in [0.3, 0.4) is 0 Å². The van der Waals surface area contributed by atoms with E-state index in [4.69, 9.17) is 28.2 Å². The Kier molecular flexibility index (Phi) is 3.54. The summed E-state index contributed by atoms with van der Waals surface area (Å²) in [6.45, 7) is 0.223. The van der Waals surface area contributed by atoms with Gasteiger partial charge in [0, 0.05) is 12.6 Å². The first-order valence-electron chi connectivity index (χ1n) is 5.56. The highest BCUT2D eigenvalue weighted by atomic mass is 35.5. The van der Waals surface area contributed by atoms with Gasteiger partial charge in [0.1, 0.15) is 5.69 Å². The third-order valence-corrected chi connectivity index (χ3v) is 3.34. The predicted molar refractivity (Wildman–Crippen MR) is 67.7 cm³/mol. The molecule has 6 nitrogen and oxygen atoms in total. The van der Waals surface area contributed by atoms with Crippen molar-refractivity contribution < 1.29 is 5.11 Å². The van der Waals surface area contributed by atoms with Gasteiger partial charge in [-0.1, -0.05) is 11.6 Å². The first-order valence-corrected chi connectivity index (χ1v) is 5.93. The summed E-state index contributed by atoms with van der Waals surface area (Å²) in [7, 11) is 0. The molecule has 17 heavy (non-hydrogen) atoms. The minimum Gasteiger partial charge on any atom is -0.396 e. The summed E-state index contributed by atoms with van der Waals surface area (Å²) < 4.78 is 0. The molecule has 0 bridgehead atoms. The lowest BCUT2D eigenvalue weighted by Gasteiger charge is -2.15. The fraction of sp³-hybridized carbons (Fsp3) is 0.600. The maximum absolute atomic E-state index is 9.07. The molecule has 1 aliphatic carbocycles. The highest BCUT2D eigenvalue weighted by molar-refractivity contribution is 6.32. The van der Waals surface area contributed by atoms with Gasteiger partial charge in [0.15, 0.2) is 11.0 Å². The fourth-order valence-corrected chi connectivity index (χ4v) is 2.31. The Hall–Kier alpha value is -1.27. The van der Waals surface area contributed by atoms with Gasteiger partial charge in [-0.25, -0.2) is 0 Å². The van der Waals surface area contributed by atoms with Gasteiger partial charge in [0.2, 0.25) is 5.95 Å². The minimum absolute atomic E-state index is 0.100. The molecule has 6 N–H and O–H groups in total. The average Bonchev–Trinajstić information content (AvgIpc) is 2.73. The molecule has 2 unspecified atom stereocenters. The molecule has 1 heterocycles. The molecule has 2 atom stereocenters. The van der Waals surface area contributed by atoms with Crippen molar-refractivity contribution in [1.82, 2.24) is 9.97 Å². The smallest absolute Gasteiger partial charge is 0.223 e. The topological polar surface area (TPSA) is 110 Å². The van der Waals surface area contributed by atoms with E-state index in [1.165, 1.54) is 0 Å². The van der Waals surface area contributed by atoms with Crippen LogP contribution in [-0.4, -0.2) is 27.7 Å². The molecule has 0 aromatic carbocycles. The Bertz CT molecular complexity index is 414. The number of aliphatic hydroxyl groups excluding tert-OH is 1. The van der Waals surface area contributed by atoms with Crippen LogP contribution in [0.25, 0.3) is 0 Å². The number of nitrogens with two attached hydrogens (primary N) is 2. The molecular weight excluding hydrogens is 242 g/mol. The van der Waals surface area contributed by atoms with Crippen molar-refractivity contribution in [1.29, 1.82) is 0 Å². The van der Waals surface area contributed by atoms with Crippen LogP contribution in [0.1, 0.15) is 19.3 Å². The van der Waals surface area contributed by atoms with Crippen LogP contribution in [-0.2, 0) is 0 Å². The molecule has 1 aromatic heterocycles. The van der Waals surface area contributed by atoms with Gasteiger partial charge in [-0.3, -0.25) is 0 Å². The van der Waals surface area contributed by atoms with Crippen molar-refractivity contribution in [2.45, 2.75) is 25.3 Å². The molecule has 1 fully saturated rings. The summed E-state index contributed by atoms with van der Waals surface area (Å²) in [5, 5.41) is 12.4. The lowest BCUT2D eigenvalue weighted by Crippen LogP contribution is -2.19. The Labute approximate surface area is 104 Å². The third-order valence-electron chi connectivity index (χ3n) is 3.06.